The third-order valence-electron chi connectivity index (χ3n) is 4.02. The first kappa shape index (κ1) is 16.4. The number of hydrogen-bond donors (Lipinski definition) is 1. The summed E-state index contributed by atoms with van der Waals surface area (Å²) >= 11 is 3.77. The Labute approximate surface area is 153 Å². The number of thiophene rings is 1. The number of carbonyl (C=O) groups is 2. The van der Waals surface area contributed by atoms with Crippen molar-refractivity contribution in [3.63, 3.8) is 0 Å². The molecule has 1 N–H and O–H groups in total. The van der Waals surface area contributed by atoms with Crippen LogP contribution in [0.4, 0.5) is 0 Å². The quantitative estimate of drug-likeness (QED) is 0.741. The molecule has 6 heteroatoms. The van der Waals surface area contributed by atoms with Crippen molar-refractivity contribution in [2.45, 2.75) is 18.9 Å². The molecule has 1 atom stereocenters. The number of likely N-dealkylation sites (tertiary alicyclic amines) is 1. The molecule has 1 aromatic carbocycles. The van der Waals surface area contributed by atoms with Gasteiger partial charge >= 0.3 is 0 Å². The molecule has 1 fully saturated rings. The summed E-state index contributed by atoms with van der Waals surface area (Å²) in [7, 11) is 0. The van der Waals surface area contributed by atoms with Crippen molar-refractivity contribution in [2.24, 2.45) is 0 Å². The Balaban J connectivity index is 1.61. The number of carbonyl (C=O) groups excluding carboxylic acids is 2. The topological polar surface area (TPSA) is 49.4 Å². The molecule has 1 saturated heterocycles. The van der Waals surface area contributed by atoms with Crippen LogP contribution in [0.2, 0.25) is 0 Å². The number of halogens is 1. The average Bonchev–Trinajstić information content (AvgIpc) is 3.23. The minimum absolute atomic E-state index is 0.0158. The molecule has 0 saturated carbocycles. The molecule has 1 aliphatic rings. The standard InChI is InChI=1S/C17H17IN2O2S/c18-14-5-2-1-4-13(14)17(22)19-10-16(21)20-8-3-6-15(20)12-7-9-23-11-12/h1-2,4-5,7,9,11,15H,3,6,8,10H2,(H,19,22). The van der Waals surface area contributed by atoms with Gasteiger partial charge in [0.1, 0.15) is 0 Å². The minimum atomic E-state index is -0.199. The maximum atomic E-state index is 12.5. The first-order valence-electron chi connectivity index (χ1n) is 7.51. The van der Waals surface area contributed by atoms with Crippen molar-refractivity contribution < 1.29 is 9.59 Å². The first-order valence-corrected chi connectivity index (χ1v) is 9.53. The van der Waals surface area contributed by atoms with Gasteiger partial charge in [-0.25, -0.2) is 0 Å². The fraction of sp³-hybridized carbons (Fsp3) is 0.294. The van der Waals surface area contributed by atoms with E-state index in [4.69, 9.17) is 0 Å². The average molecular weight is 440 g/mol. The summed E-state index contributed by atoms with van der Waals surface area (Å²) in [4.78, 5) is 26.6. The molecule has 2 amide bonds. The Morgan fingerprint density at radius 3 is 2.87 bits per heavy atom. The van der Waals surface area contributed by atoms with E-state index < -0.39 is 0 Å². The fourth-order valence-corrected chi connectivity index (χ4v) is 4.21. The summed E-state index contributed by atoms with van der Waals surface area (Å²) in [6.07, 6.45) is 2.00. The van der Waals surface area contributed by atoms with Crippen LogP contribution in [0.15, 0.2) is 41.1 Å². The molecular weight excluding hydrogens is 423 g/mol. The Hall–Kier alpha value is -1.41. The van der Waals surface area contributed by atoms with Crippen LogP contribution in [0.3, 0.4) is 0 Å². The number of benzene rings is 1. The largest absolute Gasteiger partial charge is 0.343 e. The Kier molecular flexibility index (Phi) is 5.32. The molecule has 0 radical (unpaired) electrons. The Morgan fingerprint density at radius 1 is 1.30 bits per heavy atom. The third kappa shape index (κ3) is 3.74. The number of rotatable bonds is 4. The Bertz CT molecular complexity index is 702. The predicted molar refractivity (Wildman–Crippen MR) is 99.5 cm³/mol. The highest BCUT2D eigenvalue weighted by atomic mass is 127. The maximum absolute atomic E-state index is 12.5. The summed E-state index contributed by atoms with van der Waals surface area (Å²) in [6, 6.07) is 9.59. The number of nitrogens with one attached hydrogen (secondary N) is 1. The van der Waals surface area contributed by atoms with Gasteiger partial charge in [0, 0.05) is 10.1 Å². The predicted octanol–water partition coefficient (Wildman–Crippen LogP) is 3.45. The van der Waals surface area contributed by atoms with Crippen molar-refractivity contribution in [1.29, 1.82) is 0 Å². The zero-order chi connectivity index (χ0) is 16.2. The van der Waals surface area contributed by atoms with Crippen LogP contribution >= 0.6 is 33.9 Å². The monoisotopic (exact) mass is 440 g/mol. The molecule has 23 heavy (non-hydrogen) atoms. The summed E-state index contributed by atoms with van der Waals surface area (Å²) in [5.41, 5.74) is 1.81. The van der Waals surface area contributed by atoms with Crippen molar-refractivity contribution in [2.75, 3.05) is 13.1 Å². The third-order valence-corrected chi connectivity index (χ3v) is 5.66. The van der Waals surface area contributed by atoms with Gasteiger partial charge in [-0.2, -0.15) is 11.3 Å². The highest BCUT2D eigenvalue weighted by Gasteiger charge is 2.30. The van der Waals surface area contributed by atoms with Gasteiger partial charge in [-0.1, -0.05) is 12.1 Å². The second-order valence-corrected chi connectivity index (χ2v) is 7.41. The second-order valence-electron chi connectivity index (χ2n) is 5.46. The van der Waals surface area contributed by atoms with E-state index in [1.807, 2.05) is 28.5 Å². The first-order chi connectivity index (χ1) is 11.2. The Morgan fingerprint density at radius 2 is 2.13 bits per heavy atom. The van der Waals surface area contributed by atoms with E-state index in [0.29, 0.717) is 5.56 Å². The lowest BCUT2D eigenvalue weighted by molar-refractivity contribution is -0.131. The van der Waals surface area contributed by atoms with Gasteiger partial charge in [-0.15, -0.1) is 0 Å². The smallest absolute Gasteiger partial charge is 0.252 e. The summed E-state index contributed by atoms with van der Waals surface area (Å²) in [5.74, 6) is -0.215. The van der Waals surface area contributed by atoms with Crippen LogP contribution in [0.25, 0.3) is 0 Å². The van der Waals surface area contributed by atoms with Gasteiger partial charge in [-0.3, -0.25) is 9.59 Å². The van der Waals surface area contributed by atoms with Gasteiger partial charge in [0.25, 0.3) is 5.91 Å². The van der Waals surface area contributed by atoms with Crippen molar-refractivity contribution >= 4 is 45.7 Å². The van der Waals surface area contributed by atoms with E-state index in [2.05, 4.69) is 39.4 Å². The van der Waals surface area contributed by atoms with E-state index in [0.717, 1.165) is 23.0 Å². The molecule has 1 aromatic heterocycles. The lowest BCUT2D eigenvalue weighted by Gasteiger charge is -2.24. The van der Waals surface area contributed by atoms with Crippen LogP contribution in [0.1, 0.15) is 34.8 Å². The summed E-state index contributed by atoms with van der Waals surface area (Å²) in [6.45, 7) is 0.808. The van der Waals surface area contributed by atoms with Gasteiger partial charge in [0.15, 0.2) is 0 Å². The van der Waals surface area contributed by atoms with Crippen molar-refractivity contribution in [1.82, 2.24) is 10.2 Å². The molecule has 0 spiro atoms. The molecule has 2 aromatic rings. The van der Waals surface area contributed by atoms with Gasteiger partial charge in [0.05, 0.1) is 18.2 Å². The van der Waals surface area contributed by atoms with E-state index in [1.165, 1.54) is 5.56 Å². The van der Waals surface area contributed by atoms with E-state index in [9.17, 15) is 9.59 Å². The summed E-state index contributed by atoms with van der Waals surface area (Å²) < 4.78 is 0.882. The fourth-order valence-electron chi connectivity index (χ4n) is 2.87. The zero-order valence-corrected chi connectivity index (χ0v) is 15.5. The van der Waals surface area contributed by atoms with Gasteiger partial charge < -0.3 is 10.2 Å². The number of hydrogen-bond acceptors (Lipinski definition) is 3. The number of amides is 2. The van der Waals surface area contributed by atoms with Crippen LogP contribution in [-0.4, -0.2) is 29.8 Å². The summed E-state index contributed by atoms with van der Waals surface area (Å²) in [5, 5.41) is 6.89. The molecule has 2 heterocycles. The van der Waals surface area contributed by atoms with Crippen LogP contribution < -0.4 is 5.32 Å². The van der Waals surface area contributed by atoms with Gasteiger partial charge in [-0.05, 0) is 70.0 Å². The lowest BCUT2D eigenvalue weighted by Crippen LogP contribution is -2.39. The normalized spacial score (nSPS) is 17.3. The van der Waals surface area contributed by atoms with E-state index in [-0.39, 0.29) is 24.4 Å². The minimum Gasteiger partial charge on any atom is -0.343 e. The maximum Gasteiger partial charge on any atom is 0.252 e. The number of nitrogens with zero attached hydrogens (tertiary/aromatic N) is 1. The van der Waals surface area contributed by atoms with Crippen LogP contribution in [-0.2, 0) is 4.79 Å². The molecule has 4 nitrogen and oxygen atoms in total. The van der Waals surface area contributed by atoms with Gasteiger partial charge in [0.2, 0.25) is 5.91 Å². The highest BCUT2D eigenvalue weighted by Crippen LogP contribution is 2.32. The van der Waals surface area contributed by atoms with E-state index >= 15 is 0 Å². The second kappa shape index (κ2) is 7.44. The molecule has 0 bridgehead atoms. The zero-order valence-electron chi connectivity index (χ0n) is 12.5. The van der Waals surface area contributed by atoms with E-state index in [1.54, 1.807) is 17.4 Å². The van der Waals surface area contributed by atoms with Crippen molar-refractivity contribution in [3.05, 3.63) is 55.8 Å². The molecule has 1 aliphatic heterocycles. The van der Waals surface area contributed by atoms with Crippen LogP contribution in [0.5, 0.6) is 0 Å². The molecule has 1 unspecified atom stereocenters. The molecular formula is C17H17IN2O2S. The molecule has 3 rings (SSSR count). The molecule has 0 aliphatic carbocycles. The SMILES string of the molecule is O=C(NCC(=O)N1CCCC1c1ccsc1)c1ccccc1I. The van der Waals surface area contributed by atoms with Crippen LogP contribution in [0, 0.1) is 3.57 Å². The molecule has 120 valence electrons. The van der Waals surface area contributed by atoms with Crippen molar-refractivity contribution in [3.8, 4) is 0 Å². The highest BCUT2D eigenvalue weighted by molar-refractivity contribution is 14.1. The lowest BCUT2D eigenvalue weighted by atomic mass is 10.1.